The van der Waals surface area contributed by atoms with Gasteiger partial charge in [-0.05, 0) is 25.1 Å². The zero-order chi connectivity index (χ0) is 11.5. The van der Waals surface area contributed by atoms with Gasteiger partial charge in [-0.1, -0.05) is 0 Å². The van der Waals surface area contributed by atoms with Gasteiger partial charge in [-0.15, -0.1) is 0 Å². The molecule has 16 heavy (non-hydrogen) atoms. The van der Waals surface area contributed by atoms with E-state index in [1.54, 1.807) is 6.07 Å². The Bertz CT molecular complexity index is 362. The predicted octanol–water partition coefficient (Wildman–Crippen LogP) is 1.63. The summed E-state index contributed by atoms with van der Waals surface area (Å²) in [7, 11) is 3.77. The Kier molecular flexibility index (Phi) is 3.29. The Morgan fingerprint density at radius 1 is 1.44 bits per heavy atom. The van der Waals surface area contributed by atoms with Gasteiger partial charge in [-0.2, -0.15) is 0 Å². The number of rotatable bonds is 3. The summed E-state index contributed by atoms with van der Waals surface area (Å²) >= 11 is 0. The van der Waals surface area contributed by atoms with Crippen LogP contribution >= 0.6 is 0 Å². The highest BCUT2D eigenvalue weighted by Gasteiger charge is 2.18. The van der Waals surface area contributed by atoms with Crippen molar-refractivity contribution < 1.29 is 9.13 Å². The first-order chi connectivity index (χ1) is 7.66. The van der Waals surface area contributed by atoms with Gasteiger partial charge in [0.05, 0.1) is 5.69 Å². The zero-order valence-electron chi connectivity index (χ0n) is 9.66. The minimum absolute atomic E-state index is 0.198. The quantitative estimate of drug-likeness (QED) is 0.844. The van der Waals surface area contributed by atoms with Crippen molar-refractivity contribution in [3.8, 4) is 5.75 Å². The van der Waals surface area contributed by atoms with Gasteiger partial charge in [0, 0.05) is 26.7 Å². The van der Waals surface area contributed by atoms with Crippen LogP contribution in [0.15, 0.2) is 18.2 Å². The van der Waals surface area contributed by atoms with E-state index in [2.05, 4.69) is 5.32 Å². The number of benzene rings is 1. The molecule has 88 valence electrons. The van der Waals surface area contributed by atoms with Crippen LogP contribution in [0, 0.1) is 5.82 Å². The SMILES string of the molecule is CN(C)c1cc(F)ccc1OC1CCNC1. The number of hydrogen-bond acceptors (Lipinski definition) is 3. The summed E-state index contributed by atoms with van der Waals surface area (Å²) < 4.78 is 19.0. The molecule has 4 heteroatoms. The Hall–Kier alpha value is -1.29. The van der Waals surface area contributed by atoms with Crippen molar-refractivity contribution in [3.05, 3.63) is 24.0 Å². The number of hydrogen-bond donors (Lipinski definition) is 1. The minimum atomic E-state index is -0.236. The molecule has 1 unspecified atom stereocenters. The summed E-state index contributed by atoms with van der Waals surface area (Å²) in [6.45, 7) is 1.85. The van der Waals surface area contributed by atoms with Gasteiger partial charge in [-0.25, -0.2) is 4.39 Å². The molecule has 1 fully saturated rings. The van der Waals surface area contributed by atoms with Crippen LogP contribution in [0.3, 0.4) is 0 Å². The molecule has 0 amide bonds. The van der Waals surface area contributed by atoms with E-state index in [1.165, 1.54) is 12.1 Å². The summed E-state index contributed by atoms with van der Waals surface area (Å²) in [6, 6.07) is 4.63. The Morgan fingerprint density at radius 3 is 2.88 bits per heavy atom. The molecule has 3 nitrogen and oxygen atoms in total. The molecule has 0 bridgehead atoms. The first kappa shape index (κ1) is 11.2. The van der Waals surface area contributed by atoms with Crippen LogP contribution in [0.1, 0.15) is 6.42 Å². The fraction of sp³-hybridized carbons (Fsp3) is 0.500. The first-order valence-electron chi connectivity index (χ1n) is 5.51. The van der Waals surface area contributed by atoms with E-state index in [0.29, 0.717) is 0 Å². The lowest BCUT2D eigenvalue weighted by Crippen LogP contribution is -2.21. The highest BCUT2D eigenvalue weighted by Crippen LogP contribution is 2.29. The Balaban J connectivity index is 2.18. The second-order valence-electron chi connectivity index (χ2n) is 4.24. The molecule has 1 aromatic rings. The van der Waals surface area contributed by atoms with Gasteiger partial charge in [-0.3, -0.25) is 0 Å². The van der Waals surface area contributed by atoms with E-state index in [-0.39, 0.29) is 11.9 Å². The molecule has 0 aromatic heterocycles. The monoisotopic (exact) mass is 224 g/mol. The number of nitrogens with one attached hydrogen (secondary N) is 1. The van der Waals surface area contributed by atoms with Crippen molar-refractivity contribution in [2.75, 3.05) is 32.1 Å². The van der Waals surface area contributed by atoms with E-state index in [4.69, 9.17) is 4.74 Å². The number of ether oxygens (including phenoxy) is 1. The molecule has 1 aliphatic rings. The maximum atomic E-state index is 13.1. The van der Waals surface area contributed by atoms with Crippen molar-refractivity contribution >= 4 is 5.69 Å². The molecule has 1 aliphatic heterocycles. The fourth-order valence-corrected chi connectivity index (χ4v) is 1.85. The second kappa shape index (κ2) is 4.70. The van der Waals surface area contributed by atoms with E-state index in [0.717, 1.165) is 30.9 Å². The maximum Gasteiger partial charge on any atom is 0.143 e. The average Bonchev–Trinajstić information content (AvgIpc) is 2.73. The standard InChI is InChI=1S/C12H17FN2O/c1-15(2)11-7-9(13)3-4-12(11)16-10-5-6-14-8-10/h3-4,7,10,14H,5-6,8H2,1-2H3. The molecule has 1 saturated heterocycles. The van der Waals surface area contributed by atoms with Crippen LogP contribution in [-0.2, 0) is 0 Å². The lowest BCUT2D eigenvalue weighted by atomic mass is 10.2. The zero-order valence-corrected chi connectivity index (χ0v) is 9.66. The number of nitrogens with zero attached hydrogens (tertiary/aromatic N) is 1. The third-order valence-electron chi connectivity index (χ3n) is 2.71. The van der Waals surface area contributed by atoms with Crippen molar-refractivity contribution in [1.29, 1.82) is 0 Å². The maximum absolute atomic E-state index is 13.1. The smallest absolute Gasteiger partial charge is 0.143 e. The van der Waals surface area contributed by atoms with Crippen LogP contribution in [-0.4, -0.2) is 33.3 Å². The molecule has 1 heterocycles. The van der Waals surface area contributed by atoms with Crippen LogP contribution in [0.4, 0.5) is 10.1 Å². The Labute approximate surface area is 95.2 Å². The van der Waals surface area contributed by atoms with Crippen molar-refractivity contribution in [1.82, 2.24) is 5.32 Å². The highest BCUT2D eigenvalue weighted by molar-refractivity contribution is 5.57. The molecule has 1 aromatic carbocycles. The van der Waals surface area contributed by atoms with Gasteiger partial charge in [0.1, 0.15) is 17.7 Å². The molecular weight excluding hydrogens is 207 g/mol. The first-order valence-corrected chi connectivity index (χ1v) is 5.51. The van der Waals surface area contributed by atoms with Crippen LogP contribution in [0.25, 0.3) is 0 Å². The summed E-state index contributed by atoms with van der Waals surface area (Å²) in [5.74, 6) is 0.515. The third kappa shape index (κ3) is 2.44. The third-order valence-corrected chi connectivity index (χ3v) is 2.71. The molecule has 0 spiro atoms. The van der Waals surface area contributed by atoms with Crippen molar-refractivity contribution in [3.63, 3.8) is 0 Å². The van der Waals surface area contributed by atoms with Gasteiger partial charge < -0.3 is 15.0 Å². The van der Waals surface area contributed by atoms with Gasteiger partial charge in [0.2, 0.25) is 0 Å². The molecular formula is C12H17FN2O. The normalized spacial score (nSPS) is 19.8. The minimum Gasteiger partial charge on any atom is -0.487 e. The van der Waals surface area contributed by atoms with Crippen molar-refractivity contribution in [2.24, 2.45) is 0 Å². The summed E-state index contributed by atoms with van der Waals surface area (Å²) in [5, 5.41) is 3.24. The largest absolute Gasteiger partial charge is 0.487 e. The topological polar surface area (TPSA) is 24.5 Å². The molecule has 0 aliphatic carbocycles. The second-order valence-corrected chi connectivity index (χ2v) is 4.24. The number of anilines is 1. The van der Waals surface area contributed by atoms with Gasteiger partial charge >= 0.3 is 0 Å². The Morgan fingerprint density at radius 2 is 2.25 bits per heavy atom. The van der Waals surface area contributed by atoms with Crippen LogP contribution in [0.2, 0.25) is 0 Å². The van der Waals surface area contributed by atoms with E-state index in [1.807, 2.05) is 19.0 Å². The molecule has 0 radical (unpaired) electrons. The molecule has 1 atom stereocenters. The predicted molar refractivity (Wildman–Crippen MR) is 62.6 cm³/mol. The van der Waals surface area contributed by atoms with E-state index in [9.17, 15) is 4.39 Å². The lowest BCUT2D eigenvalue weighted by Gasteiger charge is -2.20. The molecule has 2 rings (SSSR count). The van der Waals surface area contributed by atoms with Gasteiger partial charge in [0.25, 0.3) is 0 Å². The summed E-state index contributed by atoms with van der Waals surface area (Å²) in [5.41, 5.74) is 0.784. The fourth-order valence-electron chi connectivity index (χ4n) is 1.85. The van der Waals surface area contributed by atoms with Gasteiger partial charge in [0.15, 0.2) is 0 Å². The summed E-state index contributed by atoms with van der Waals surface area (Å²) in [6.07, 6.45) is 1.20. The number of halogens is 1. The molecule has 0 saturated carbocycles. The van der Waals surface area contributed by atoms with Crippen molar-refractivity contribution in [2.45, 2.75) is 12.5 Å². The van der Waals surface area contributed by atoms with E-state index < -0.39 is 0 Å². The lowest BCUT2D eigenvalue weighted by molar-refractivity contribution is 0.223. The summed E-state index contributed by atoms with van der Waals surface area (Å²) in [4.78, 5) is 1.86. The molecule has 1 N–H and O–H groups in total. The highest BCUT2D eigenvalue weighted by atomic mass is 19.1. The average molecular weight is 224 g/mol. The van der Waals surface area contributed by atoms with Crippen LogP contribution in [0.5, 0.6) is 5.75 Å². The van der Waals surface area contributed by atoms with E-state index >= 15 is 0 Å². The van der Waals surface area contributed by atoms with Crippen LogP contribution < -0.4 is 15.0 Å².